The number of amides is 1. The molecule has 2 aromatic rings. The van der Waals surface area contributed by atoms with E-state index >= 15 is 0 Å². The smallest absolute Gasteiger partial charge is 0.282 e. The van der Waals surface area contributed by atoms with E-state index in [1.807, 2.05) is 0 Å². The van der Waals surface area contributed by atoms with Crippen molar-refractivity contribution in [2.24, 2.45) is 0 Å². The number of carbonyl (C=O) groups is 1. The van der Waals surface area contributed by atoms with E-state index in [1.54, 1.807) is 0 Å². The Morgan fingerprint density at radius 2 is 2.00 bits per heavy atom. The summed E-state index contributed by atoms with van der Waals surface area (Å²) in [7, 11) is 0. The lowest BCUT2D eigenvalue weighted by Crippen LogP contribution is -2.15. The number of carbonyl (C=O) groups excluding carboxylic acids is 1. The topological polar surface area (TPSA) is 98.3 Å². The standard InChI is InChI=1S/C13H9BrFN3O3/c14-10-3-1-7(15)5-11(10)17-13(19)9-6-8(16)2-4-12(9)18(20)21/h1-6H,16H2,(H,17,19). The fourth-order valence-corrected chi connectivity index (χ4v) is 2.02. The summed E-state index contributed by atoms with van der Waals surface area (Å²) in [6.07, 6.45) is 0. The first-order chi connectivity index (χ1) is 9.88. The molecule has 0 aliphatic heterocycles. The van der Waals surface area contributed by atoms with Gasteiger partial charge in [-0.3, -0.25) is 14.9 Å². The molecule has 0 fully saturated rings. The number of hydrogen-bond acceptors (Lipinski definition) is 4. The van der Waals surface area contributed by atoms with E-state index in [1.165, 1.54) is 24.3 Å². The molecule has 3 N–H and O–H groups in total. The molecule has 0 saturated carbocycles. The SMILES string of the molecule is Nc1ccc([N+](=O)[O-])c(C(=O)Nc2cc(F)ccc2Br)c1. The zero-order chi connectivity index (χ0) is 15.6. The van der Waals surface area contributed by atoms with Crippen molar-refractivity contribution in [2.75, 3.05) is 11.1 Å². The third kappa shape index (κ3) is 3.34. The first-order valence-electron chi connectivity index (χ1n) is 5.69. The zero-order valence-corrected chi connectivity index (χ0v) is 12.1. The van der Waals surface area contributed by atoms with Gasteiger partial charge in [-0.25, -0.2) is 4.39 Å². The third-order valence-electron chi connectivity index (χ3n) is 2.64. The maximum absolute atomic E-state index is 13.2. The highest BCUT2D eigenvalue weighted by atomic mass is 79.9. The summed E-state index contributed by atoms with van der Waals surface area (Å²) in [5.74, 6) is -1.30. The Morgan fingerprint density at radius 1 is 1.29 bits per heavy atom. The van der Waals surface area contributed by atoms with Crippen molar-refractivity contribution in [3.8, 4) is 0 Å². The maximum Gasteiger partial charge on any atom is 0.282 e. The second-order valence-electron chi connectivity index (χ2n) is 4.11. The fourth-order valence-electron chi connectivity index (χ4n) is 1.68. The van der Waals surface area contributed by atoms with Crippen LogP contribution in [0.25, 0.3) is 0 Å². The van der Waals surface area contributed by atoms with Gasteiger partial charge in [0.05, 0.1) is 10.6 Å². The summed E-state index contributed by atoms with van der Waals surface area (Å²) in [5.41, 5.74) is 5.34. The van der Waals surface area contributed by atoms with Crippen molar-refractivity contribution in [1.29, 1.82) is 0 Å². The number of nitro benzene ring substituents is 1. The van der Waals surface area contributed by atoms with Crippen LogP contribution in [0.4, 0.5) is 21.5 Å². The van der Waals surface area contributed by atoms with E-state index in [0.717, 1.165) is 12.1 Å². The Bertz CT molecular complexity index is 737. The summed E-state index contributed by atoms with van der Waals surface area (Å²) in [6, 6.07) is 7.39. The van der Waals surface area contributed by atoms with E-state index in [-0.39, 0.29) is 22.6 Å². The average molecular weight is 354 g/mol. The third-order valence-corrected chi connectivity index (χ3v) is 3.33. The fraction of sp³-hybridized carbons (Fsp3) is 0. The number of halogens is 2. The molecule has 108 valence electrons. The van der Waals surface area contributed by atoms with Crippen LogP contribution in [0.3, 0.4) is 0 Å². The Hall–Kier alpha value is -2.48. The number of hydrogen-bond donors (Lipinski definition) is 2. The molecule has 0 heterocycles. The minimum absolute atomic E-state index is 0.164. The molecular weight excluding hydrogens is 345 g/mol. The predicted molar refractivity (Wildman–Crippen MR) is 79.6 cm³/mol. The lowest BCUT2D eigenvalue weighted by molar-refractivity contribution is -0.385. The van der Waals surface area contributed by atoms with E-state index in [9.17, 15) is 19.3 Å². The van der Waals surface area contributed by atoms with Gasteiger partial charge in [-0.15, -0.1) is 0 Å². The molecule has 1 amide bonds. The summed E-state index contributed by atoms with van der Waals surface area (Å²) in [5, 5.41) is 13.3. The van der Waals surface area contributed by atoms with Gasteiger partial charge in [0.2, 0.25) is 0 Å². The number of anilines is 2. The molecule has 2 rings (SSSR count). The molecule has 0 aromatic heterocycles. The molecule has 0 radical (unpaired) electrons. The van der Waals surface area contributed by atoms with E-state index in [4.69, 9.17) is 5.73 Å². The minimum atomic E-state index is -0.750. The highest BCUT2D eigenvalue weighted by molar-refractivity contribution is 9.10. The number of nitrogens with zero attached hydrogens (tertiary/aromatic N) is 1. The summed E-state index contributed by atoms with van der Waals surface area (Å²) >= 11 is 3.15. The molecule has 0 unspecified atom stereocenters. The highest BCUT2D eigenvalue weighted by Crippen LogP contribution is 2.26. The minimum Gasteiger partial charge on any atom is -0.399 e. The van der Waals surface area contributed by atoms with E-state index in [2.05, 4.69) is 21.2 Å². The molecule has 21 heavy (non-hydrogen) atoms. The molecule has 0 spiro atoms. The Balaban J connectivity index is 2.39. The van der Waals surface area contributed by atoms with Gasteiger partial charge in [0.1, 0.15) is 11.4 Å². The zero-order valence-electron chi connectivity index (χ0n) is 10.5. The van der Waals surface area contributed by atoms with Crippen LogP contribution in [0.1, 0.15) is 10.4 Å². The first kappa shape index (κ1) is 14.9. The van der Waals surface area contributed by atoms with Gasteiger partial charge in [-0.1, -0.05) is 0 Å². The van der Waals surface area contributed by atoms with Crippen molar-refractivity contribution >= 4 is 38.9 Å². The normalized spacial score (nSPS) is 10.2. The predicted octanol–water partition coefficient (Wildman–Crippen LogP) is 3.33. The summed E-state index contributed by atoms with van der Waals surface area (Å²) < 4.78 is 13.6. The maximum atomic E-state index is 13.2. The highest BCUT2D eigenvalue weighted by Gasteiger charge is 2.21. The first-order valence-corrected chi connectivity index (χ1v) is 6.48. The Kier molecular flexibility index (Phi) is 4.18. The van der Waals surface area contributed by atoms with Gasteiger partial charge in [0.15, 0.2) is 0 Å². The van der Waals surface area contributed by atoms with Crippen molar-refractivity contribution in [3.05, 3.63) is 62.4 Å². The molecule has 0 bridgehead atoms. The van der Waals surface area contributed by atoms with Gasteiger partial charge < -0.3 is 11.1 Å². The summed E-state index contributed by atoms with van der Waals surface area (Å²) in [6.45, 7) is 0. The molecule has 0 atom stereocenters. The number of nitrogens with one attached hydrogen (secondary N) is 1. The molecule has 0 aliphatic rings. The van der Waals surface area contributed by atoms with Crippen LogP contribution in [0.5, 0.6) is 0 Å². The average Bonchev–Trinajstić information content (AvgIpc) is 2.42. The van der Waals surface area contributed by atoms with Gasteiger partial charge >= 0.3 is 0 Å². The van der Waals surface area contributed by atoms with Crippen LogP contribution in [0.15, 0.2) is 40.9 Å². The lowest BCUT2D eigenvalue weighted by Gasteiger charge is -2.08. The van der Waals surface area contributed by atoms with Crippen LogP contribution in [-0.4, -0.2) is 10.8 Å². The van der Waals surface area contributed by atoms with E-state index in [0.29, 0.717) is 4.47 Å². The Labute approximate surface area is 127 Å². The van der Waals surface area contributed by atoms with Crippen LogP contribution < -0.4 is 11.1 Å². The second-order valence-corrected chi connectivity index (χ2v) is 4.97. The Morgan fingerprint density at radius 3 is 2.67 bits per heavy atom. The van der Waals surface area contributed by atoms with Gasteiger partial charge in [-0.2, -0.15) is 0 Å². The van der Waals surface area contributed by atoms with Gasteiger partial charge in [-0.05, 0) is 46.3 Å². The van der Waals surface area contributed by atoms with Crippen LogP contribution in [0, 0.1) is 15.9 Å². The molecule has 2 aromatic carbocycles. The van der Waals surface area contributed by atoms with Crippen LogP contribution in [-0.2, 0) is 0 Å². The largest absolute Gasteiger partial charge is 0.399 e. The summed E-state index contributed by atoms with van der Waals surface area (Å²) in [4.78, 5) is 22.4. The van der Waals surface area contributed by atoms with Crippen molar-refractivity contribution in [2.45, 2.75) is 0 Å². The molecular formula is C13H9BrFN3O3. The van der Waals surface area contributed by atoms with Crippen molar-refractivity contribution in [3.63, 3.8) is 0 Å². The molecule has 0 aliphatic carbocycles. The number of nitro groups is 1. The van der Waals surface area contributed by atoms with Crippen molar-refractivity contribution in [1.82, 2.24) is 0 Å². The van der Waals surface area contributed by atoms with Gasteiger partial charge in [0.25, 0.3) is 11.6 Å². The molecule has 6 nitrogen and oxygen atoms in total. The monoisotopic (exact) mass is 353 g/mol. The van der Waals surface area contributed by atoms with E-state index < -0.39 is 16.6 Å². The lowest BCUT2D eigenvalue weighted by atomic mass is 10.1. The second kappa shape index (κ2) is 5.88. The van der Waals surface area contributed by atoms with Gasteiger partial charge in [0, 0.05) is 16.2 Å². The quantitative estimate of drug-likeness (QED) is 0.502. The van der Waals surface area contributed by atoms with Crippen LogP contribution >= 0.6 is 15.9 Å². The number of nitrogen functional groups attached to an aromatic ring is 1. The molecule has 8 heteroatoms. The van der Waals surface area contributed by atoms with Crippen molar-refractivity contribution < 1.29 is 14.1 Å². The number of benzene rings is 2. The number of nitrogens with two attached hydrogens (primary N) is 1. The number of rotatable bonds is 3. The van der Waals surface area contributed by atoms with Crippen LogP contribution in [0.2, 0.25) is 0 Å². The molecule has 0 saturated heterocycles.